The van der Waals surface area contributed by atoms with Crippen LogP contribution in [0.1, 0.15) is 45.4 Å². The van der Waals surface area contributed by atoms with Gasteiger partial charge < -0.3 is 20.2 Å². The second kappa shape index (κ2) is 7.50. The van der Waals surface area contributed by atoms with Gasteiger partial charge >= 0.3 is 0 Å². The Morgan fingerprint density at radius 2 is 1.72 bits per heavy atom. The van der Waals surface area contributed by atoms with Gasteiger partial charge in [-0.15, -0.1) is 0 Å². The predicted molar refractivity (Wildman–Crippen MR) is 114 cm³/mol. The number of aromatic hydroxyl groups is 1. The number of para-hydroxylation sites is 2. The SMILES string of the molecule is C[C@@H](NC(=O)C[NH+]1CCN(c2ccccc2O)CC1)C12CC3CC(CC(C3)C1)C2. The lowest BCUT2D eigenvalue weighted by atomic mass is 9.48. The van der Waals surface area contributed by atoms with Crippen molar-refractivity contribution < 1.29 is 14.8 Å². The van der Waals surface area contributed by atoms with Crippen molar-refractivity contribution in [1.29, 1.82) is 0 Å². The average Bonchev–Trinajstić information content (AvgIpc) is 2.68. The van der Waals surface area contributed by atoms with Gasteiger partial charge in [-0.3, -0.25) is 4.79 Å². The number of hydrogen-bond acceptors (Lipinski definition) is 3. The van der Waals surface area contributed by atoms with Crippen molar-refractivity contribution in [3.05, 3.63) is 24.3 Å². The molecule has 5 nitrogen and oxygen atoms in total. The van der Waals surface area contributed by atoms with Crippen LogP contribution in [-0.4, -0.2) is 49.8 Å². The fraction of sp³-hybridized carbons (Fsp3) is 0.708. The number of nitrogens with one attached hydrogen (secondary N) is 2. The molecule has 3 N–H and O–H groups in total. The highest BCUT2D eigenvalue weighted by atomic mass is 16.3. The molecule has 6 rings (SSSR count). The minimum Gasteiger partial charge on any atom is -0.506 e. The van der Waals surface area contributed by atoms with Crippen LogP contribution in [0.2, 0.25) is 0 Å². The smallest absolute Gasteiger partial charge is 0.275 e. The summed E-state index contributed by atoms with van der Waals surface area (Å²) < 4.78 is 0. The first-order valence-electron chi connectivity index (χ1n) is 11.7. The molecule has 5 heteroatoms. The number of amides is 1. The number of hydrogen-bond donors (Lipinski definition) is 3. The van der Waals surface area contributed by atoms with E-state index in [1.807, 2.05) is 18.2 Å². The average molecular weight is 399 g/mol. The number of nitrogens with zero attached hydrogens (tertiary/aromatic N) is 1. The first kappa shape index (κ1) is 19.2. The molecule has 1 aromatic rings. The van der Waals surface area contributed by atoms with E-state index in [2.05, 4.69) is 17.1 Å². The molecule has 1 aliphatic heterocycles. The molecule has 4 saturated carbocycles. The van der Waals surface area contributed by atoms with Crippen LogP contribution < -0.4 is 15.1 Å². The molecule has 0 aromatic heterocycles. The van der Waals surface area contributed by atoms with E-state index in [9.17, 15) is 9.90 Å². The molecule has 1 amide bonds. The van der Waals surface area contributed by atoms with Gasteiger partial charge in [-0.1, -0.05) is 12.1 Å². The van der Waals surface area contributed by atoms with E-state index in [4.69, 9.17) is 0 Å². The highest BCUT2D eigenvalue weighted by Gasteiger charge is 2.53. The molecule has 1 heterocycles. The predicted octanol–water partition coefficient (Wildman–Crippen LogP) is 1.82. The summed E-state index contributed by atoms with van der Waals surface area (Å²) in [7, 11) is 0. The number of phenols is 1. The standard InChI is InChI=1S/C24H35N3O2/c1-17(24-13-18-10-19(14-24)12-20(11-18)15-24)25-23(29)16-26-6-8-27(9-7-26)21-4-2-3-5-22(21)28/h2-5,17-20,28H,6-16H2,1H3,(H,25,29)/p+1/t17-,18?,19?,20?,24?/m1/s1. The summed E-state index contributed by atoms with van der Waals surface area (Å²) in [6.07, 6.45) is 8.37. The van der Waals surface area contributed by atoms with Crippen molar-refractivity contribution >= 4 is 11.6 Å². The van der Waals surface area contributed by atoms with Gasteiger partial charge in [0.25, 0.3) is 5.91 Å². The number of carbonyl (C=O) groups is 1. The lowest BCUT2D eigenvalue weighted by molar-refractivity contribution is -0.892. The Bertz CT molecular complexity index is 721. The van der Waals surface area contributed by atoms with Crippen LogP contribution in [0.25, 0.3) is 0 Å². The molecule has 1 saturated heterocycles. The van der Waals surface area contributed by atoms with Crippen molar-refractivity contribution in [2.45, 2.75) is 51.5 Å². The molecule has 1 atom stereocenters. The minimum absolute atomic E-state index is 0.222. The van der Waals surface area contributed by atoms with Gasteiger partial charge in [0.1, 0.15) is 5.75 Å². The van der Waals surface area contributed by atoms with Gasteiger partial charge in [-0.25, -0.2) is 0 Å². The topological polar surface area (TPSA) is 57.0 Å². The van der Waals surface area contributed by atoms with Crippen LogP contribution in [0.5, 0.6) is 5.75 Å². The Morgan fingerprint density at radius 3 is 2.31 bits per heavy atom. The van der Waals surface area contributed by atoms with Crippen LogP contribution in [0.15, 0.2) is 24.3 Å². The van der Waals surface area contributed by atoms with Crippen LogP contribution in [0, 0.1) is 23.2 Å². The molecule has 0 radical (unpaired) electrons. The number of phenolic OH excluding ortho intramolecular Hbond substituents is 1. The summed E-state index contributed by atoms with van der Waals surface area (Å²) >= 11 is 0. The number of piperazine rings is 1. The van der Waals surface area contributed by atoms with Crippen molar-refractivity contribution in [2.24, 2.45) is 23.2 Å². The van der Waals surface area contributed by atoms with E-state index in [1.54, 1.807) is 6.07 Å². The fourth-order valence-corrected chi connectivity index (χ4v) is 7.35. The van der Waals surface area contributed by atoms with Gasteiger partial charge in [0.05, 0.1) is 31.9 Å². The second-order valence-electron chi connectivity index (χ2n) is 10.5. The fourth-order valence-electron chi connectivity index (χ4n) is 7.35. The van der Waals surface area contributed by atoms with Gasteiger partial charge in [-0.05, 0) is 80.8 Å². The lowest BCUT2D eigenvalue weighted by Crippen LogP contribution is -3.16. The Labute approximate surface area is 174 Å². The van der Waals surface area contributed by atoms with Gasteiger partial charge in [0.15, 0.2) is 6.54 Å². The molecule has 0 spiro atoms. The summed E-state index contributed by atoms with van der Waals surface area (Å²) in [4.78, 5) is 16.4. The number of carbonyl (C=O) groups excluding carboxylic acids is 1. The number of rotatable bonds is 5. The van der Waals surface area contributed by atoms with Crippen LogP contribution in [0.3, 0.4) is 0 Å². The Balaban J connectivity index is 1.13. The number of benzene rings is 1. The maximum Gasteiger partial charge on any atom is 0.275 e. The first-order chi connectivity index (χ1) is 14.0. The lowest BCUT2D eigenvalue weighted by Gasteiger charge is -2.59. The summed E-state index contributed by atoms with van der Waals surface area (Å²) in [6.45, 7) is 6.48. The molecule has 158 valence electrons. The normalized spacial score (nSPS) is 34.9. The van der Waals surface area contributed by atoms with Crippen molar-refractivity contribution in [3.8, 4) is 5.75 Å². The largest absolute Gasteiger partial charge is 0.506 e. The summed E-state index contributed by atoms with van der Waals surface area (Å²) in [6, 6.07) is 7.85. The van der Waals surface area contributed by atoms with Crippen molar-refractivity contribution in [3.63, 3.8) is 0 Å². The zero-order valence-corrected chi connectivity index (χ0v) is 17.7. The molecule has 4 aliphatic carbocycles. The van der Waals surface area contributed by atoms with E-state index in [1.165, 1.54) is 43.4 Å². The molecule has 1 aromatic carbocycles. The van der Waals surface area contributed by atoms with Gasteiger partial charge in [-0.2, -0.15) is 0 Å². The summed E-state index contributed by atoms with van der Waals surface area (Å²) in [5, 5.41) is 13.5. The molecule has 5 fully saturated rings. The van der Waals surface area contributed by atoms with Gasteiger partial charge in [0.2, 0.25) is 0 Å². The third kappa shape index (κ3) is 3.74. The highest BCUT2D eigenvalue weighted by Crippen LogP contribution is 2.61. The van der Waals surface area contributed by atoms with Crippen LogP contribution in [-0.2, 0) is 4.79 Å². The highest BCUT2D eigenvalue weighted by molar-refractivity contribution is 5.77. The van der Waals surface area contributed by atoms with E-state index < -0.39 is 0 Å². The second-order valence-corrected chi connectivity index (χ2v) is 10.5. The van der Waals surface area contributed by atoms with E-state index in [-0.39, 0.29) is 5.91 Å². The summed E-state index contributed by atoms with van der Waals surface area (Å²) in [5.41, 5.74) is 1.29. The van der Waals surface area contributed by atoms with Crippen molar-refractivity contribution in [1.82, 2.24) is 5.32 Å². The number of quaternary nitrogens is 1. The van der Waals surface area contributed by atoms with E-state index in [0.29, 0.717) is 23.8 Å². The molecule has 5 aliphatic rings. The maximum atomic E-state index is 12.8. The molecule has 0 unspecified atom stereocenters. The Morgan fingerprint density at radius 1 is 1.14 bits per heavy atom. The first-order valence-corrected chi connectivity index (χ1v) is 11.7. The maximum absolute atomic E-state index is 12.8. The van der Waals surface area contributed by atoms with Crippen LogP contribution in [0.4, 0.5) is 5.69 Å². The monoisotopic (exact) mass is 398 g/mol. The minimum atomic E-state index is 0.222. The summed E-state index contributed by atoms with van der Waals surface area (Å²) in [5.74, 6) is 3.34. The molecule has 29 heavy (non-hydrogen) atoms. The third-order valence-electron chi connectivity index (χ3n) is 8.49. The molecular weight excluding hydrogens is 362 g/mol. The zero-order chi connectivity index (χ0) is 20.0. The van der Waals surface area contributed by atoms with Gasteiger partial charge in [0, 0.05) is 6.04 Å². The third-order valence-corrected chi connectivity index (χ3v) is 8.49. The van der Waals surface area contributed by atoms with Crippen LogP contribution >= 0.6 is 0 Å². The molecular formula is C24H36N3O2+. The van der Waals surface area contributed by atoms with E-state index in [0.717, 1.165) is 49.6 Å². The quantitative estimate of drug-likeness (QED) is 0.709. The van der Waals surface area contributed by atoms with Crippen molar-refractivity contribution in [2.75, 3.05) is 37.6 Å². The zero-order valence-electron chi connectivity index (χ0n) is 17.7. The number of anilines is 1. The van der Waals surface area contributed by atoms with E-state index >= 15 is 0 Å². The molecule has 4 bridgehead atoms. The Kier molecular flexibility index (Phi) is 4.97. The Hall–Kier alpha value is -1.75.